The van der Waals surface area contributed by atoms with Gasteiger partial charge in [-0.3, -0.25) is 4.31 Å². The number of aliphatic hydroxyl groups excluding tert-OH is 1. The number of para-hydroxylation sites is 2. The maximum absolute atomic E-state index is 13.8. The molecule has 0 radical (unpaired) electrons. The summed E-state index contributed by atoms with van der Waals surface area (Å²) in [4.78, 5) is 2.07. The van der Waals surface area contributed by atoms with Gasteiger partial charge in [-0.15, -0.1) is 13.2 Å². The molecule has 0 bridgehead atoms. The Labute approximate surface area is 229 Å². The Morgan fingerprint density at radius 1 is 1.03 bits per heavy atom. The summed E-state index contributed by atoms with van der Waals surface area (Å²) in [5.41, 5.74) is 0.942. The highest BCUT2D eigenvalue weighted by Gasteiger charge is 2.36. The number of ether oxygens (including phenoxy) is 2. The summed E-state index contributed by atoms with van der Waals surface area (Å²) >= 11 is 6.13. The van der Waals surface area contributed by atoms with E-state index in [1.807, 2.05) is 0 Å². The van der Waals surface area contributed by atoms with Gasteiger partial charge in [0.25, 0.3) is 10.0 Å². The first kappa shape index (κ1) is 27.6. The number of anilines is 1. The van der Waals surface area contributed by atoms with Crippen molar-refractivity contribution < 1.29 is 36.2 Å². The van der Waals surface area contributed by atoms with Crippen LogP contribution in [0.4, 0.5) is 18.9 Å². The van der Waals surface area contributed by atoms with Crippen LogP contribution in [0.3, 0.4) is 0 Å². The molecule has 1 N–H and O–H groups in total. The van der Waals surface area contributed by atoms with E-state index in [2.05, 4.69) is 9.64 Å². The quantitative estimate of drug-likeness (QED) is 0.385. The van der Waals surface area contributed by atoms with Crippen LogP contribution in [0.5, 0.6) is 17.2 Å². The molecule has 0 aromatic heterocycles. The molecule has 208 valence electrons. The smallest absolute Gasteiger partial charge is 0.454 e. The number of fused-ring (bicyclic) bond motifs is 2. The summed E-state index contributed by atoms with van der Waals surface area (Å²) in [5, 5.41) is 10.9. The van der Waals surface area contributed by atoms with Gasteiger partial charge in [0.2, 0.25) is 0 Å². The number of alkyl halides is 3. The maximum Gasteiger partial charge on any atom is 0.573 e. The lowest BCUT2D eigenvalue weighted by Crippen LogP contribution is -2.42. The van der Waals surface area contributed by atoms with Gasteiger partial charge in [-0.05, 0) is 79.9 Å². The van der Waals surface area contributed by atoms with Crippen LogP contribution in [0, 0.1) is 5.92 Å². The number of sulfonamides is 1. The van der Waals surface area contributed by atoms with Gasteiger partial charge in [-0.1, -0.05) is 35.9 Å². The van der Waals surface area contributed by atoms with E-state index >= 15 is 0 Å². The second-order valence-electron chi connectivity index (χ2n) is 9.57. The first-order valence-electron chi connectivity index (χ1n) is 12.3. The Bertz CT molecular complexity index is 1430. The van der Waals surface area contributed by atoms with Gasteiger partial charge in [0.15, 0.2) is 5.75 Å². The minimum absolute atomic E-state index is 0.0124. The number of hydrogen-bond donors (Lipinski definition) is 1. The second kappa shape index (κ2) is 10.9. The molecule has 0 spiro atoms. The summed E-state index contributed by atoms with van der Waals surface area (Å²) in [6.07, 6.45) is -4.27. The minimum atomic E-state index is -4.78. The molecular formula is C27H26ClF3N2O5S. The summed E-state index contributed by atoms with van der Waals surface area (Å²) in [5.74, 6) is 0.367. The van der Waals surface area contributed by atoms with E-state index in [1.54, 1.807) is 36.4 Å². The number of benzene rings is 3. The average Bonchev–Trinajstić information content (AvgIpc) is 2.97. The summed E-state index contributed by atoms with van der Waals surface area (Å²) < 4.78 is 75.9. The van der Waals surface area contributed by atoms with Crippen LogP contribution in [0.1, 0.15) is 24.5 Å². The van der Waals surface area contributed by atoms with E-state index in [9.17, 15) is 26.7 Å². The van der Waals surface area contributed by atoms with Crippen LogP contribution in [0.2, 0.25) is 5.02 Å². The van der Waals surface area contributed by atoms with Gasteiger partial charge >= 0.3 is 6.36 Å². The summed E-state index contributed by atoms with van der Waals surface area (Å²) in [6, 6.07) is 16.7. The van der Waals surface area contributed by atoms with E-state index in [-0.39, 0.29) is 28.9 Å². The monoisotopic (exact) mass is 582 g/mol. The molecule has 39 heavy (non-hydrogen) atoms. The van der Waals surface area contributed by atoms with Crippen LogP contribution in [-0.2, 0) is 10.0 Å². The first-order chi connectivity index (χ1) is 18.5. The van der Waals surface area contributed by atoms with Crippen LogP contribution >= 0.6 is 11.6 Å². The SMILES string of the molecule is O=S1(=O)c2cc(Cl)ccc2Oc2ccccc2N1CC1CCN(C[C@H](O)c2ccc(OC(F)(F)F)cc2)CC1. The second-order valence-corrected chi connectivity index (χ2v) is 11.8. The van der Waals surface area contributed by atoms with Crippen molar-refractivity contribution >= 4 is 27.3 Å². The Hall–Kier alpha value is -2.99. The average molecular weight is 583 g/mol. The van der Waals surface area contributed by atoms with Gasteiger partial charge in [0.05, 0.1) is 11.8 Å². The zero-order chi connectivity index (χ0) is 27.8. The molecular weight excluding hydrogens is 557 g/mol. The first-order valence-corrected chi connectivity index (χ1v) is 14.2. The number of nitrogens with zero attached hydrogens (tertiary/aromatic N) is 2. The van der Waals surface area contributed by atoms with E-state index in [0.29, 0.717) is 54.5 Å². The molecule has 7 nitrogen and oxygen atoms in total. The number of halogens is 4. The van der Waals surface area contributed by atoms with Crippen molar-refractivity contribution in [2.24, 2.45) is 5.92 Å². The van der Waals surface area contributed by atoms with Crippen molar-refractivity contribution in [3.05, 3.63) is 77.3 Å². The van der Waals surface area contributed by atoms with E-state index in [0.717, 1.165) is 0 Å². The predicted molar refractivity (Wildman–Crippen MR) is 140 cm³/mol. The molecule has 1 saturated heterocycles. The minimum Gasteiger partial charge on any atom is -0.454 e. The third-order valence-electron chi connectivity index (χ3n) is 6.89. The number of aliphatic hydroxyl groups is 1. The Morgan fingerprint density at radius 2 is 1.72 bits per heavy atom. The molecule has 2 heterocycles. The van der Waals surface area contributed by atoms with E-state index in [4.69, 9.17) is 16.3 Å². The molecule has 0 amide bonds. The highest BCUT2D eigenvalue weighted by atomic mass is 35.5. The molecule has 1 atom stereocenters. The van der Waals surface area contributed by atoms with Crippen molar-refractivity contribution in [2.45, 2.75) is 30.2 Å². The van der Waals surface area contributed by atoms with Crippen LogP contribution in [-0.4, -0.2) is 51.0 Å². The third kappa shape index (κ3) is 6.27. The molecule has 5 rings (SSSR count). The van der Waals surface area contributed by atoms with E-state index in [1.165, 1.54) is 34.6 Å². The zero-order valence-electron chi connectivity index (χ0n) is 20.6. The Morgan fingerprint density at radius 3 is 2.41 bits per heavy atom. The molecule has 0 aliphatic carbocycles. The summed E-state index contributed by atoms with van der Waals surface area (Å²) in [6.45, 7) is 1.82. The lowest BCUT2D eigenvalue weighted by Gasteiger charge is -2.35. The lowest BCUT2D eigenvalue weighted by molar-refractivity contribution is -0.274. The van der Waals surface area contributed by atoms with Gasteiger partial charge < -0.3 is 19.5 Å². The van der Waals surface area contributed by atoms with E-state index < -0.39 is 22.5 Å². The van der Waals surface area contributed by atoms with Gasteiger partial charge in [-0.25, -0.2) is 8.42 Å². The van der Waals surface area contributed by atoms with Crippen molar-refractivity contribution in [3.8, 4) is 17.2 Å². The Kier molecular flexibility index (Phi) is 7.69. The molecule has 0 saturated carbocycles. The highest BCUT2D eigenvalue weighted by Crippen LogP contribution is 2.44. The fourth-order valence-corrected chi connectivity index (χ4v) is 6.84. The van der Waals surface area contributed by atoms with Crippen molar-refractivity contribution in [3.63, 3.8) is 0 Å². The molecule has 3 aromatic carbocycles. The molecule has 1 fully saturated rings. The summed E-state index contributed by atoms with van der Waals surface area (Å²) in [7, 11) is -3.95. The maximum atomic E-state index is 13.8. The van der Waals surface area contributed by atoms with Crippen LogP contribution < -0.4 is 13.8 Å². The predicted octanol–water partition coefficient (Wildman–Crippen LogP) is 5.99. The molecule has 2 aliphatic heterocycles. The van der Waals surface area contributed by atoms with Crippen molar-refractivity contribution in [1.82, 2.24) is 4.90 Å². The molecule has 12 heteroatoms. The number of likely N-dealkylation sites (tertiary alicyclic amines) is 1. The topological polar surface area (TPSA) is 79.3 Å². The Balaban J connectivity index is 1.24. The van der Waals surface area contributed by atoms with Gasteiger partial charge in [0, 0.05) is 18.1 Å². The zero-order valence-corrected chi connectivity index (χ0v) is 22.2. The number of β-amino-alcohol motifs (C(OH)–C–C–N with tert-alkyl or cyclic N) is 1. The fourth-order valence-electron chi connectivity index (χ4n) is 4.91. The van der Waals surface area contributed by atoms with Crippen LogP contribution in [0.25, 0.3) is 0 Å². The van der Waals surface area contributed by atoms with Crippen molar-refractivity contribution in [1.29, 1.82) is 0 Å². The van der Waals surface area contributed by atoms with Crippen LogP contribution in [0.15, 0.2) is 71.6 Å². The molecule has 3 aromatic rings. The highest BCUT2D eigenvalue weighted by molar-refractivity contribution is 7.93. The number of piperidine rings is 1. The lowest BCUT2D eigenvalue weighted by atomic mass is 9.96. The van der Waals surface area contributed by atoms with Crippen molar-refractivity contribution in [2.75, 3.05) is 30.5 Å². The number of rotatable bonds is 6. The van der Waals surface area contributed by atoms with Gasteiger partial charge in [-0.2, -0.15) is 0 Å². The number of hydrogen-bond acceptors (Lipinski definition) is 6. The standard InChI is InChI=1S/C27H26ClF3N2O5S/c28-20-7-10-25-26(15-20)39(35,36)33(22-3-1-2-4-24(22)37-25)16-18-11-13-32(14-12-18)17-23(34)19-5-8-21(9-6-19)38-27(29,30)31/h1-10,15,18,23,34H,11-14,16-17H2/t23-/m0/s1. The normalized spacial score (nSPS) is 18.4. The largest absolute Gasteiger partial charge is 0.573 e. The van der Waals surface area contributed by atoms with Gasteiger partial charge in [0.1, 0.15) is 16.4 Å². The molecule has 0 unspecified atom stereocenters. The third-order valence-corrected chi connectivity index (χ3v) is 8.92. The molecule has 2 aliphatic rings. The fraction of sp³-hybridized carbons (Fsp3) is 0.333.